The Morgan fingerprint density at radius 3 is 2.26 bits per heavy atom. The lowest BCUT2D eigenvalue weighted by Gasteiger charge is -2.05. The maximum Gasteiger partial charge on any atom is 0.343 e. The normalized spacial score (nSPS) is 10.7. The van der Waals surface area contributed by atoms with Crippen LogP contribution in [-0.2, 0) is 0 Å². The molecule has 3 aromatic rings. The third kappa shape index (κ3) is 5.25. The van der Waals surface area contributed by atoms with E-state index in [1.165, 1.54) is 6.08 Å². The summed E-state index contributed by atoms with van der Waals surface area (Å²) in [4.78, 5) is 24.4. The lowest BCUT2D eigenvalue weighted by Crippen LogP contribution is -2.08. The van der Waals surface area contributed by atoms with Crippen LogP contribution in [0, 0.1) is 6.92 Å². The average molecular weight is 421 g/mol. The van der Waals surface area contributed by atoms with Crippen LogP contribution in [-0.4, -0.2) is 11.8 Å². The number of esters is 1. The fourth-order valence-electron chi connectivity index (χ4n) is 2.42. The van der Waals surface area contributed by atoms with Gasteiger partial charge in [-0.3, -0.25) is 4.79 Å². The summed E-state index contributed by atoms with van der Waals surface area (Å²) in [6.07, 6.45) is 3.22. The van der Waals surface area contributed by atoms with Crippen molar-refractivity contribution in [3.05, 3.63) is 106 Å². The van der Waals surface area contributed by atoms with Crippen LogP contribution in [0.4, 0.5) is 0 Å². The van der Waals surface area contributed by atoms with Gasteiger partial charge in [-0.05, 0) is 55.0 Å². The lowest BCUT2D eigenvalue weighted by molar-refractivity contribution is 0.0734. The second kappa shape index (κ2) is 8.60. The molecule has 0 amide bonds. The monoisotopic (exact) mass is 420 g/mol. The quantitative estimate of drug-likeness (QED) is 0.224. The van der Waals surface area contributed by atoms with E-state index >= 15 is 0 Å². The van der Waals surface area contributed by atoms with E-state index < -0.39 is 5.97 Å². The Morgan fingerprint density at radius 1 is 0.889 bits per heavy atom. The first-order valence-electron chi connectivity index (χ1n) is 8.38. The summed E-state index contributed by atoms with van der Waals surface area (Å²) in [7, 11) is 0. The van der Waals surface area contributed by atoms with Crippen molar-refractivity contribution in [1.29, 1.82) is 0 Å². The Hall–Kier alpha value is -2.98. The van der Waals surface area contributed by atoms with Crippen molar-refractivity contribution in [2.45, 2.75) is 6.92 Å². The molecule has 0 radical (unpaired) electrons. The SMILES string of the molecule is Cc1ccc(C(=O)C=Cc2cccc(OC(=O)c3ccc(Br)cc3)c2)cc1. The molecule has 0 fully saturated rings. The Morgan fingerprint density at radius 2 is 1.56 bits per heavy atom. The number of halogens is 1. The van der Waals surface area contributed by atoms with Crippen LogP contribution >= 0.6 is 15.9 Å². The molecule has 3 aromatic carbocycles. The number of carbonyl (C=O) groups excluding carboxylic acids is 2. The van der Waals surface area contributed by atoms with Gasteiger partial charge in [-0.25, -0.2) is 4.79 Å². The van der Waals surface area contributed by atoms with E-state index in [0.717, 1.165) is 15.6 Å². The molecule has 0 aliphatic heterocycles. The van der Waals surface area contributed by atoms with E-state index in [1.54, 1.807) is 60.7 Å². The number of allylic oxidation sites excluding steroid dienone is 1. The van der Waals surface area contributed by atoms with Crippen molar-refractivity contribution in [3.63, 3.8) is 0 Å². The van der Waals surface area contributed by atoms with Gasteiger partial charge in [0.1, 0.15) is 5.75 Å². The van der Waals surface area contributed by atoms with E-state index in [2.05, 4.69) is 15.9 Å². The first-order chi connectivity index (χ1) is 13.0. The van der Waals surface area contributed by atoms with Crippen molar-refractivity contribution >= 4 is 33.8 Å². The molecule has 0 aliphatic carbocycles. The second-order valence-electron chi connectivity index (χ2n) is 6.03. The summed E-state index contributed by atoms with van der Waals surface area (Å²) in [5.41, 5.74) is 2.98. The largest absolute Gasteiger partial charge is 0.423 e. The Bertz CT molecular complexity index is 987. The summed E-state index contributed by atoms with van der Waals surface area (Å²) in [5.74, 6) is -0.0838. The molecule has 3 nitrogen and oxygen atoms in total. The summed E-state index contributed by atoms with van der Waals surface area (Å²) in [6.45, 7) is 1.98. The van der Waals surface area contributed by atoms with E-state index in [-0.39, 0.29) is 5.78 Å². The second-order valence-corrected chi connectivity index (χ2v) is 6.95. The van der Waals surface area contributed by atoms with Crippen LogP contribution in [0.1, 0.15) is 31.8 Å². The smallest absolute Gasteiger partial charge is 0.343 e. The van der Waals surface area contributed by atoms with Crippen molar-refractivity contribution < 1.29 is 14.3 Å². The summed E-state index contributed by atoms with van der Waals surface area (Å²) in [6, 6.07) is 21.4. The minimum absolute atomic E-state index is 0.0766. The molecule has 0 unspecified atom stereocenters. The van der Waals surface area contributed by atoms with Gasteiger partial charge in [0, 0.05) is 10.0 Å². The topological polar surface area (TPSA) is 43.4 Å². The molecule has 0 bridgehead atoms. The van der Waals surface area contributed by atoms with Gasteiger partial charge in [-0.2, -0.15) is 0 Å². The summed E-state index contributed by atoms with van der Waals surface area (Å²) < 4.78 is 6.31. The van der Waals surface area contributed by atoms with Gasteiger partial charge in [-0.15, -0.1) is 0 Å². The Labute approximate surface area is 166 Å². The minimum atomic E-state index is -0.431. The number of carbonyl (C=O) groups is 2. The highest BCUT2D eigenvalue weighted by Gasteiger charge is 2.08. The van der Waals surface area contributed by atoms with Crippen LogP contribution in [0.2, 0.25) is 0 Å². The first-order valence-corrected chi connectivity index (χ1v) is 9.17. The predicted molar refractivity (Wildman–Crippen MR) is 110 cm³/mol. The number of ketones is 1. The van der Waals surface area contributed by atoms with Crippen LogP contribution in [0.5, 0.6) is 5.75 Å². The molecule has 0 spiro atoms. The molecule has 0 aliphatic rings. The maximum absolute atomic E-state index is 12.2. The minimum Gasteiger partial charge on any atom is -0.423 e. The van der Waals surface area contributed by atoms with Gasteiger partial charge in [-0.1, -0.05) is 64.0 Å². The molecule has 134 valence electrons. The average Bonchev–Trinajstić information content (AvgIpc) is 2.67. The van der Waals surface area contributed by atoms with Gasteiger partial charge in [0.2, 0.25) is 0 Å². The molecule has 0 saturated carbocycles. The van der Waals surface area contributed by atoms with E-state index in [1.807, 2.05) is 25.1 Å². The fourth-order valence-corrected chi connectivity index (χ4v) is 2.68. The molecule has 0 saturated heterocycles. The molecule has 0 N–H and O–H groups in total. The lowest BCUT2D eigenvalue weighted by atomic mass is 10.1. The van der Waals surface area contributed by atoms with Crippen molar-refractivity contribution in [2.24, 2.45) is 0 Å². The molecule has 27 heavy (non-hydrogen) atoms. The number of aryl methyl sites for hydroxylation is 1. The molecule has 3 rings (SSSR count). The summed E-state index contributed by atoms with van der Waals surface area (Å²) in [5, 5.41) is 0. The molecular weight excluding hydrogens is 404 g/mol. The standard InChI is InChI=1S/C23H17BrO3/c1-16-5-8-18(9-6-16)22(25)14-7-17-3-2-4-21(15-17)27-23(26)19-10-12-20(24)13-11-19/h2-15H,1H3. The first kappa shape index (κ1) is 18.8. The highest BCUT2D eigenvalue weighted by molar-refractivity contribution is 9.10. The maximum atomic E-state index is 12.2. The molecule has 4 heteroatoms. The van der Waals surface area contributed by atoms with Gasteiger partial charge in [0.25, 0.3) is 0 Å². The molecule has 0 heterocycles. The Kier molecular flexibility index (Phi) is 5.99. The van der Waals surface area contributed by atoms with Crippen LogP contribution in [0.25, 0.3) is 6.08 Å². The highest BCUT2D eigenvalue weighted by Crippen LogP contribution is 2.18. The predicted octanol–water partition coefficient (Wildman–Crippen LogP) is 5.87. The van der Waals surface area contributed by atoms with E-state index in [9.17, 15) is 9.59 Å². The Balaban J connectivity index is 1.69. The van der Waals surface area contributed by atoms with Crippen LogP contribution in [0.3, 0.4) is 0 Å². The van der Waals surface area contributed by atoms with Crippen LogP contribution < -0.4 is 4.74 Å². The van der Waals surface area contributed by atoms with E-state index in [0.29, 0.717) is 16.9 Å². The highest BCUT2D eigenvalue weighted by atomic mass is 79.9. The fraction of sp³-hybridized carbons (Fsp3) is 0.0435. The molecule has 0 atom stereocenters. The number of rotatable bonds is 5. The van der Waals surface area contributed by atoms with Crippen molar-refractivity contribution in [2.75, 3.05) is 0 Å². The van der Waals surface area contributed by atoms with Gasteiger partial charge in [0.15, 0.2) is 5.78 Å². The zero-order chi connectivity index (χ0) is 19.2. The molecule has 0 aromatic heterocycles. The number of hydrogen-bond donors (Lipinski definition) is 0. The third-order valence-electron chi connectivity index (χ3n) is 3.91. The molecular formula is C23H17BrO3. The number of ether oxygens (including phenoxy) is 1. The van der Waals surface area contributed by atoms with Gasteiger partial charge < -0.3 is 4.74 Å². The van der Waals surface area contributed by atoms with Gasteiger partial charge in [0.05, 0.1) is 5.56 Å². The third-order valence-corrected chi connectivity index (χ3v) is 4.44. The van der Waals surface area contributed by atoms with E-state index in [4.69, 9.17) is 4.74 Å². The summed E-state index contributed by atoms with van der Waals surface area (Å²) >= 11 is 3.33. The number of benzene rings is 3. The zero-order valence-electron chi connectivity index (χ0n) is 14.7. The van der Waals surface area contributed by atoms with Crippen LogP contribution in [0.15, 0.2) is 83.3 Å². The zero-order valence-corrected chi connectivity index (χ0v) is 16.3. The number of hydrogen-bond acceptors (Lipinski definition) is 3. The van der Waals surface area contributed by atoms with Gasteiger partial charge >= 0.3 is 5.97 Å². The van der Waals surface area contributed by atoms with Crippen molar-refractivity contribution in [3.8, 4) is 5.75 Å². The van der Waals surface area contributed by atoms with Crippen molar-refractivity contribution in [1.82, 2.24) is 0 Å².